The molecule has 0 aliphatic rings. The quantitative estimate of drug-likeness (QED) is 0.717. The number of carbonyl (C=O) groups is 1. The molecule has 1 aromatic rings. The van der Waals surface area contributed by atoms with Crippen molar-refractivity contribution in [3.8, 4) is 11.8 Å². The molecule has 0 heterocycles. The fourth-order valence-electron chi connectivity index (χ4n) is 1.62. The molecule has 0 aliphatic heterocycles. The highest BCUT2D eigenvalue weighted by Crippen LogP contribution is 2.20. The van der Waals surface area contributed by atoms with Crippen LogP contribution >= 0.6 is 0 Å². The molecule has 0 fully saturated rings. The molecule has 0 aromatic heterocycles. The first-order valence-electron chi connectivity index (χ1n) is 5.28. The highest BCUT2D eigenvalue weighted by molar-refractivity contribution is 5.76. The van der Waals surface area contributed by atoms with Gasteiger partial charge in [0.05, 0.1) is 6.42 Å². The zero-order valence-corrected chi connectivity index (χ0v) is 10.3. The van der Waals surface area contributed by atoms with Crippen molar-refractivity contribution in [3.05, 3.63) is 33.9 Å². The lowest BCUT2D eigenvalue weighted by Crippen LogP contribution is -2.08. The van der Waals surface area contributed by atoms with E-state index >= 15 is 0 Å². The maximum atomic E-state index is 10.6. The zero-order chi connectivity index (χ0) is 12.3. The normalized spacial score (nSPS) is 9.50. The number of primary amides is 1. The average molecular weight is 215 g/mol. The van der Waals surface area contributed by atoms with Crippen LogP contribution in [0.25, 0.3) is 0 Å². The molecule has 0 radical (unpaired) electrons. The first-order chi connectivity index (χ1) is 7.43. The molecule has 0 unspecified atom stereocenters. The highest BCUT2D eigenvalue weighted by atomic mass is 16.1. The summed E-state index contributed by atoms with van der Waals surface area (Å²) in [5.41, 5.74) is 10.9. The monoisotopic (exact) mass is 215 g/mol. The minimum Gasteiger partial charge on any atom is -0.369 e. The number of carbonyl (C=O) groups excluding carboxylic acids is 1. The third kappa shape index (κ3) is 2.64. The van der Waals surface area contributed by atoms with Crippen LogP contribution in [0, 0.1) is 39.5 Å². The van der Waals surface area contributed by atoms with Gasteiger partial charge in [-0.15, -0.1) is 0 Å². The summed E-state index contributed by atoms with van der Waals surface area (Å²) in [4.78, 5) is 10.6. The van der Waals surface area contributed by atoms with Crippen molar-refractivity contribution in [2.75, 3.05) is 0 Å². The van der Waals surface area contributed by atoms with Crippen LogP contribution in [0.4, 0.5) is 0 Å². The second-order valence-electron chi connectivity index (χ2n) is 4.08. The van der Waals surface area contributed by atoms with Crippen LogP contribution in [0.2, 0.25) is 0 Å². The highest BCUT2D eigenvalue weighted by Gasteiger charge is 2.05. The third-order valence-electron chi connectivity index (χ3n) is 2.84. The molecule has 16 heavy (non-hydrogen) atoms. The van der Waals surface area contributed by atoms with Crippen LogP contribution in [-0.4, -0.2) is 5.91 Å². The summed E-state index contributed by atoms with van der Waals surface area (Å²) in [6.07, 6.45) is 0.117. The summed E-state index contributed by atoms with van der Waals surface area (Å²) in [6, 6.07) is 2.16. The number of benzene rings is 1. The predicted octanol–water partition coefficient (Wildman–Crippen LogP) is 2.15. The molecular weight excluding hydrogens is 198 g/mol. The first-order valence-corrected chi connectivity index (χ1v) is 5.28. The van der Waals surface area contributed by atoms with Gasteiger partial charge in [0.25, 0.3) is 0 Å². The van der Waals surface area contributed by atoms with Gasteiger partial charge in [-0.3, -0.25) is 4.79 Å². The minimum absolute atomic E-state index is 0.117. The fraction of sp³-hybridized carbons (Fsp3) is 0.357. The summed E-state index contributed by atoms with van der Waals surface area (Å²) in [7, 11) is 0. The Kier molecular flexibility index (Phi) is 3.73. The molecule has 1 rings (SSSR count). The molecule has 0 saturated carbocycles. The molecule has 0 aliphatic carbocycles. The lowest BCUT2D eigenvalue weighted by Gasteiger charge is -2.10. The molecule has 84 valence electrons. The Balaban J connectivity index is 3.20. The molecule has 2 heteroatoms. The van der Waals surface area contributed by atoms with Gasteiger partial charge in [-0.05, 0) is 49.9 Å². The smallest absolute Gasteiger partial charge is 0.229 e. The van der Waals surface area contributed by atoms with Gasteiger partial charge in [0, 0.05) is 5.56 Å². The van der Waals surface area contributed by atoms with Crippen LogP contribution < -0.4 is 5.73 Å². The average Bonchev–Trinajstić information content (AvgIpc) is 2.20. The lowest BCUT2D eigenvalue weighted by atomic mass is 9.94. The van der Waals surface area contributed by atoms with E-state index in [4.69, 9.17) is 5.73 Å². The summed E-state index contributed by atoms with van der Waals surface area (Å²) in [6.45, 7) is 8.24. The Hall–Kier alpha value is -1.75. The molecule has 2 nitrogen and oxygen atoms in total. The number of amides is 1. The van der Waals surface area contributed by atoms with Crippen molar-refractivity contribution in [2.24, 2.45) is 5.73 Å². The summed E-state index contributed by atoms with van der Waals surface area (Å²) >= 11 is 0. The standard InChI is InChI=1S/C14H17NO/c1-9-8-10(2)12(4)13(11(9)3)6-5-7-14(15)16/h8H,7H2,1-4H3,(H2,15,16). The van der Waals surface area contributed by atoms with Crippen LogP contribution in [0.5, 0.6) is 0 Å². The second-order valence-corrected chi connectivity index (χ2v) is 4.08. The number of hydrogen-bond donors (Lipinski definition) is 1. The molecule has 1 aromatic carbocycles. The molecule has 0 atom stereocenters. The van der Waals surface area contributed by atoms with Crippen molar-refractivity contribution < 1.29 is 4.79 Å². The van der Waals surface area contributed by atoms with Gasteiger partial charge in [-0.2, -0.15) is 0 Å². The van der Waals surface area contributed by atoms with Gasteiger partial charge in [0.2, 0.25) is 5.91 Å². The van der Waals surface area contributed by atoms with Crippen molar-refractivity contribution in [2.45, 2.75) is 34.1 Å². The molecular formula is C14H17NO. The van der Waals surface area contributed by atoms with Crippen molar-refractivity contribution in [3.63, 3.8) is 0 Å². The van der Waals surface area contributed by atoms with Crippen molar-refractivity contribution in [1.82, 2.24) is 0 Å². The predicted molar refractivity (Wildman–Crippen MR) is 66.1 cm³/mol. The van der Waals surface area contributed by atoms with Crippen molar-refractivity contribution >= 4 is 5.91 Å². The Labute approximate surface area is 96.9 Å². The summed E-state index contributed by atoms with van der Waals surface area (Å²) < 4.78 is 0. The van der Waals surface area contributed by atoms with Gasteiger partial charge in [-0.1, -0.05) is 17.9 Å². The zero-order valence-electron chi connectivity index (χ0n) is 10.3. The van der Waals surface area contributed by atoms with E-state index in [1.165, 1.54) is 22.3 Å². The van der Waals surface area contributed by atoms with E-state index in [1.54, 1.807) is 0 Å². The SMILES string of the molecule is Cc1cc(C)c(C)c(C#CCC(N)=O)c1C. The van der Waals surface area contributed by atoms with Crippen LogP contribution in [-0.2, 0) is 4.79 Å². The third-order valence-corrected chi connectivity index (χ3v) is 2.84. The van der Waals surface area contributed by atoms with Crippen LogP contribution in [0.1, 0.15) is 34.2 Å². The Morgan fingerprint density at radius 3 is 2.12 bits per heavy atom. The Morgan fingerprint density at radius 1 is 1.19 bits per heavy atom. The van der Waals surface area contributed by atoms with Gasteiger partial charge in [-0.25, -0.2) is 0 Å². The molecule has 2 N–H and O–H groups in total. The lowest BCUT2D eigenvalue weighted by molar-refractivity contribution is -0.117. The maximum Gasteiger partial charge on any atom is 0.229 e. The van der Waals surface area contributed by atoms with E-state index in [0.29, 0.717) is 0 Å². The number of hydrogen-bond acceptors (Lipinski definition) is 1. The number of rotatable bonds is 1. The van der Waals surface area contributed by atoms with Crippen LogP contribution in [0.15, 0.2) is 6.07 Å². The van der Waals surface area contributed by atoms with E-state index in [0.717, 1.165) is 5.56 Å². The van der Waals surface area contributed by atoms with E-state index in [1.807, 2.05) is 0 Å². The largest absolute Gasteiger partial charge is 0.369 e. The van der Waals surface area contributed by atoms with Crippen molar-refractivity contribution in [1.29, 1.82) is 0 Å². The maximum absolute atomic E-state index is 10.6. The number of aryl methyl sites for hydroxylation is 2. The molecule has 0 spiro atoms. The van der Waals surface area contributed by atoms with E-state index in [9.17, 15) is 4.79 Å². The van der Waals surface area contributed by atoms with Crippen LogP contribution in [0.3, 0.4) is 0 Å². The van der Waals surface area contributed by atoms with E-state index < -0.39 is 0 Å². The Morgan fingerprint density at radius 2 is 1.69 bits per heavy atom. The summed E-state index contributed by atoms with van der Waals surface area (Å²) in [5.74, 6) is 5.47. The van der Waals surface area contributed by atoms with Gasteiger partial charge >= 0.3 is 0 Å². The van der Waals surface area contributed by atoms with Gasteiger partial charge in [0.1, 0.15) is 0 Å². The molecule has 0 saturated heterocycles. The minimum atomic E-state index is -0.382. The van der Waals surface area contributed by atoms with Gasteiger partial charge in [0.15, 0.2) is 0 Å². The first kappa shape index (κ1) is 12.3. The second kappa shape index (κ2) is 4.85. The Bertz CT molecular complexity index is 463. The number of nitrogens with two attached hydrogens (primary N) is 1. The fourth-order valence-corrected chi connectivity index (χ4v) is 1.62. The molecule has 1 amide bonds. The van der Waals surface area contributed by atoms with Gasteiger partial charge < -0.3 is 5.73 Å². The van der Waals surface area contributed by atoms with E-state index in [2.05, 4.69) is 45.6 Å². The van der Waals surface area contributed by atoms with E-state index in [-0.39, 0.29) is 12.3 Å². The molecule has 0 bridgehead atoms. The summed E-state index contributed by atoms with van der Waals surface area (Å²) in [5, 5.41) is 0. The topological polar surface area (TPSA) is 43.1 Å².